The fourth-order valence-corrected chi connectivity index (χ4v) is 2.74. The van der Waals surface area contributed by atoms with Crippen molar-refractivity contribution < 1.29 is 18.0 Å². The maximum Gasteiger partial charge on any atom is 0.416 e. The summed E-state index contributed by atoms with van der Waals surface area (Å²) in [5.74, 6) is -0.297. The van der Waals surface area contributed by atoms with Gasteiger partial charge in [0.05, 0.1) is 17.0 Å². The molecule has 0 spiro atoms. The van der Waals surface area contributed by atoms with E-state index in [1.165, 1.54) is 23.9 Å². The largest absolute Gasteiger partial charge is 0.416 e. The standard InChI is InChI=1S/C18H13F3N4OS/c19-18(20,21)12-4-6-13(7-5-12)23-16(26)11-27-17-9-8-15(24-25-17)14-3-1-2-10-22-14/h1-10H,11H2,(H,23,26). The first-order valence-electron chi connectivity index (χ1n) is 7.77. The maximum absolute atomic E-state index is 12.5. The van der Waals surface area contributed by atoms with Crippen LogP contribution in [-0.2, 0) is 11.0 Å². The number of hydrogen-bond acceptors (Lipinski definition) is 5. The molecule has 0 fully saturated rings. The summed E-state index contributed by atoms with van der Waals surface area (Å²) >= 11 is 1.17. The Morgan fingerprint density at radius 2 is 1.74 bits per heavy atom. The van der Waals surface area contributed by atoms with Crippen LogP contribution in [0.3, 0.4) is 0 Å². The number of anilines is 1. The fourth-order valence-electron chi connectivity index (χ4n) is 2.13. The van der Waals surface area contributed by atoms with Crippen LogP contribution in [0.4, 0.5) is 18.9 Å². The van der Waals surface area contributed by atoms with Crippen LogP contribution >= 0.6 is 11.8 Å². The van der Waals surface area contributed by atoms with Gasteiger partial charge >= 0.3 is 6.18 Å². The molecule has 1 N–H and O–H groups in total. The number of nitrogens with one attached hydrogen (secondary N) is 1. The van der Waals surface area contributed by atoms with Gasteiger partial charge in [0.2, 0.25) is 5.91 Å². The quantitative estimate of drug-likeness (QED) is 0.659. The number of amides is 1. The minimum absolute atomic E-state index is 0.0542. The van der Waals surface area contributed by atoms with E-state index in [0.29, 0.717) is 22.1 Å². The third-order valence-electron chi connectivity index (χ3n) is 3.41. The van der Waals surface area contributed by atoms with Crippen LogP contribution in [0.25, 0.3) is 11.4 Å². The summed E-state index contributed by atoms with van der Waals surface area (Å²) < 4.78 is 37.6. The molecule has 3 rings (SSSR count). The number of nitrogens with zero attached hydrogens (tertiary/aromatic N) is 3. The summed E-state index contributed by atoms with van der Waals surface area (Å²) in [6, 6.07) is 13.2. The third kappa shape index (κ3) is 5.27. The molecule has 27 heavy (non-hydrogen) atoms. The molecule has 1 aromatic carbocycles. The zero-order valence-corrected chi connectivity index (χ0v) is 14.6. The van der Waals surface area contributed by atoms with Crippen molar-refractivity contribution in [3.05, 3.63) is 66.4 Å². The van der Waals surface area contributed by atoms with Crippen molar-refractivity contribution in [3.8, 4) is 11.4 Å². The van der Waals surface area contributed by atoms with E-state index in [9.17, 15) is 18.0 Å². The van der Waals surface area contributed by atoms with Gasteiger partial charge in [-0.3, -0.25) is 9.78 Å². The van der Waals surface area contributed by atoms with E-state index in [4.69, 9.17) is 0 Å². The molecular formula is C18H13F3N4OS. The maximum atomic E-state index is 12.5. The molecule has 3 aromatic rings. The monoisotopic (exact) mass is 390 g/mol. The van der Waals surface area contributed by atoms with E-state index >= 15 is 0 Å². The topological polar surface area (TPSA) is 67.8 Å². The molecule has 0 aliphatic rings. The Morgan fingerprint density at radius 1 is 0.963 bits per heavy atom. The molecular weight excluding hydrogens is 377 g/mol. The highest BCUT2D eigenvalue weighted by Gasteiger charge is 2.29. The lowest BCUT2D eigenvalue weighted by atomic mass is 10.2. The number of pyridine rings is 1. The Hall–Kier alpha value is -2.94. The average Bonchev–Trinajstić information content (AvgIpc) is 2.67. The summed E-state index contributed by atoms with van der Waals surface area (Å²) in [5, 5.41) is 11.2. The molecule has 0 saturated carbocycles. The number of rotatable bonds is 5. The Kier molecular flexibility index (Phi) is 5.70. The van der Waals surface area contributed by atoms with Crippen molar-refractivity contribution in [1.29, 1.82) is 0 Å². The summed E-state index contributed by atoms with van der Waals surface area (Å²) in [6.07, 6.45) is -2.75. The van der Waals surface area contributed by atoms with Crippen molar-refractivity contribution in [3.63, 3.8) is 0 Å². The molecule has 9 heteroatoms. The van der Waals surface area contributed by atoms with Crippen LogP contribution in [0.1, 0.15) is 5.56 Å². The van der Waals surface area contributed by atoms with E-state index in [1.807, 2.05) is 12.1 Å². The number of alkyl halides is 3. The van der Waals surface area contributed by atoms with Crippen molar-refractivity contribution in [2.75, 3.05) is 11.1 Å². The zero-order chi connectivity index (χ0) is 19.3. The second kappa shape index (κ2) is 8.17. The first-order chi connectivity index (χ1) is 12.9. The highest BCUT2D eigenvalue weighted by Crippen LogP contribution is 2.29. The molecule has 1 amide bonds. The molecule has 0 aliphatic carbocycles. The summed E-state index contributed by atoms with van der Waals surface area (Å²) in [7, 11) is 0. The van der Waals surface area contributed by atoms with E-state index in [1.54, 1.807) is 24.4 Å². The number of hydrogen-bond donors (Lipinski definition) is 1. The average molecular weight is 390 g/mol. The van der Waals surface area contributed by atoms with Crippen molar-refractivity contribution in [2.45, 2.75) is 11.2 Å². The number of aromatic nitrogens is 3. The van der Waals surface area contributed by atoms with Gasteiger partial charge in [-0.15, -0.1) is 10.2 Å². The minimum atomic E-state index is -4.40. The van der Waals surface area contributed by atoms with E-state index in [-0.39, 0.29) is 11.7 Å². The van der Waals surface area contributed by atoms with Gasteiger partial charge in [-0.05, 0) is 48.5 Å². The molecule has 5 nitrogen and oxygen atoms in total. The van der Waals surface area contributed by atoms with Crippen LogP contribution in [0.2, 0.25) is 0 Å². The molecule has 2 aromatic heterocycles. The van der Waals surface area contributed by atoms with Gasteiger partial charge in [0.1, 0.15) is 10.7 Å². The molecule has 0 aliphatic heterocycles. The molecule has 0 unspecified atom stereocenters. The SMILES string of the molecule is O=C(CSc1ccc(-c2ccccn2)nn1)Nc1ccc(C(F)(F)F)cc1. The number of thioether (sulfide) groups is 1. The predicted octanol–water partition coefficient (Wildman–Crippen LogP) is 4.29. The second-order valence-electron chi connectivity index (χ2n) is 5.38. The minimum Gasteiger partial charge on any atom is -0.325 e. The third-order valence-corrected chi connectivity index (χ3v) is 4.33. The van der Waals surface area contributed by atoms with E-state index in [2.05, 4.69) is 20.5 Å². The first kappa shape index (κ1) is 18.8. The van der Waals surface area contributed by atoms with E-state index in [0.717, 1.165) is 12.1 Å². The highest BCUT2D eigenvalue weighted by molar-refractivity contribution is 7.99. The Labute approximate surface area is 157 Å². The normalized spacial score (nSPS) is 11.2. The predicted molar refractivity (Wildman–Crippen MR) is 96.1 cm³/mol. The lowest BCUT2D eigenvalue weighted by Crippen LogP contribution is -2.14. The van der Waals surface area contributed by atoms with Gasteiger partial charge in [0, 0.05) is 11.9 Å². The summed E-state index contributed by atoms with van der Waals surface area (Å²) in [6.45, 7) is 0. The highest BCUT2D eigenvalue weighted by atomic mass is 32.2. The van der Waals surface area contributed by atoms with Crippen LogP contribution in [-0.4, -0.2) is 26.8 Å². The molecule has 0 atom stereocenters. The van der Waals surface area contributed by atoms with Crippen LogP contribution in [0.15, 0.2) is 65.8 Å². The smallest absolute Gasteiger partial charge is 0.325 e. The molecule has 138 valence electrons. The second-order valence-corrected chi connectivity index (χ2v) is 6.38. The van der Waals surface area contributed by atoms with Crippen LogP contribution in [0, 0.1) is 0 Å². The summed E-state index contributed by atoms with van der Waals surface area (Å²) in [5.41, 5.74) is 0.846. The van der Waals surface area contributed by atoms with Crippen molar-refractivity contribution in [2.24, 2.45) is 0 Å². The number of carbonyl (C=O) groups excluding carboxylic acids is 1. The Morgan fingerprint density at radius 3 is 2.33 bits per heavy atom. The lowest BCUT2D eigenvalue weighted by Gasteiger charge is -2.08. The number of benzene rings is 1. The Balaban J connectivity index is 1.53. The van der Waals surface area contributed by atoms with Crippen molar-refractivity contribution in [1.82, 2.24) is 15.2 Å². The van der Waals surface area contributed by atoms with Crippen molar-refractivity contribution >= 4 is 23.4 Å². The fraction of sp³-hybridized carbons (Fsp3) is 0.111. The molecule has 0 saturated heterocycles. The van der Waals surface area contributed by atoms with Crippen LogP contribution in [0.5, 0.6) is 0 Å². The first-order valence-corrected chi connectivity index (χ1v) is 8.75. The lowest BCUT2D eigenvalue weighted by molar-refractivity contribution is -0.137. The van der Waals surface area contributed by atoms with Gasteiger partial charge < -0.3 is 5.32 Å². The molecule has 0 bridgehead atoms. The van der Waals surface area contributed by atoms with Gasteiger partial charge in [-0.1, -0.05) is 17.8 Å². The molecule has 0 radical (unpaired) electrons. The number of halogens is 3. The zero-order valence-electron chi connectivity index (χ0n) is 13.8. The number of carbonyl (C=O) groups is 1. The Bertz CT molecular complexity index is 901. The van der Waals surface area contributed by atoms with E-state index < -0.39 is 11.7 Å². The molecule has 2 heterocycles. The van der Waals surface area contributed by atoms with Gasteiger partial charge in [0.15, 0.2) is 0 Å². The summed E-state index contributed by atoms with van der Waals surface area (Å²) in [4.78, 5) is 16.1. The van der Waals surface area contributed by atoms with Gasteiger partial charge in [-0.25, -0.2) is 0 Å². The van der Waals surface area contributed by atoms with Gasteiger partial charge in [0.25, 0.3) is 0 Å². The van der Waals surface area contributed by atoms with Gasteiger partial charge in [-0.2, -0.15) is 13.2 Å². The van der Waals surface area contributed by atoms with Crippen LogP contribution < -0.4 is 5.32 Å².